The molecule has 26 heavy (non-hydrogen) atoms. The Bertz CT molecular complexity index is 795. The van der Waals surface area contributed by atoms with Crippen molar-refractivity contribution in [1.29, 1.82) is 0 Å². The van der Waals surface area contributed by atoms with Crippen molar-refractivity contribution in [2.75, 3.05) is 19.7 Å². The number of nitrogens with one attached hydrogen (secondary N) is 1. The molecule has 1 aliphatic heterocycles. The van der Waals surface area contributed by atoms with Crippen molar-refractivity contribution >= 4 is 23.4 Å². The Hall–Kier alpha value is -2.53. The molecule has 0 bridgehead atoms. The Labute approximate surface area is 157 Å². The van der Waals surface area contributed by atoms with Crippen LogP contribution in [0.1, 0.15) is 23.6 Å². The van der Waals surface area contributed by atoms with E-state index in [-0.39, 0.29) is 30.9 Å². The highest BCUT2D eigenvalue weighted by molar-refractivity contribution is 6.30. The summed E-state index contributed by atoms with van der Waals surface area (Å²) in [5.41, 5.74) is 1.82. The molecule has 0 aliphatic carbocycles. The largest absolute Gasteiger partial charge is 0.483 e. The van der Waals surface area contributed by atoms with Gasteiger partial charge in [-0.25, -0.2) is 0 Å². The number of halogens is 1. The van der Waals surface area contributed by atoms with Crippen molar-refractivity contribution in [3.8, 4) is 5.75 Å². The zero-order valence-corrected chi connectivity index (χ0v) is 15.3. The summed E-state index contributed by atoms with van der Waals surface area (Å²) >= 11 is 5.95. The summed E-state index contributed by atoms with van der Waals surface area (Å²) in [4.78, 5) is 26.5. The number of carbonyl (C=O) groups is 2. The third-order valence-electron chi connectivity index (χ3n) is 4.42. The highest BCUT2D eigenvalue weighted by Crippen LogP contribution is 2.26. The number of carbonyl (C=O) groups excluding carboxylic acids is 2. The monoisotopic (exact) mass is 372 g/mol. The van der Waals surface area contributed by atoms with Gasteiger partial charge in [-0.15, -0.1) is 0 Å². The summed E-state index contributed by atoms with van der Waals surface area (Å²) in [7, 11) is 0. The Morgan fingerprint density at radius 2 is 2.04 bits per heavy atom. The molecule has 1 heterocycles. The van der Waals surface area contributed by atoms with Gasteiger partial charge in [0, 0.05) is 18.1 Å². The molecule has 5 nitrogen and oxygen atoms in total. The normalized spacial score (nSPS) is 17.4. The summed E-state index contributed by atoms with van der Waals surface area (Å²) in [5, 5.41) is 3.46. The smallest absolute Gasteiger partial charge is 0.261 e. The van der Waals surface area contributed by atoms with Gasteiger partial charge in [0.05, 0.1) is 12.5 Å². The molecule has 0 unspecified atom stereocenters. The van der Waals surface area contributed by atoms with Crippen LogP contribution in [0, 0.1) is 6.92 Å². The van der Waals surface area contributed by atoms with Crippen LogP contribution in [0.4, 0.5) is 0 Å². The predicted octanol–water partition coefficient (Wildman–Crippen LogP) is 3.12. The maximum absolute atomic E-state index is 12.8. The molecule has 1 saturated heterocycles. The molecule has 2 aromatic carbocycles. The lowest BCUT2D eigenvalue weighted by atomic mass is 10.0. The average molecular weight is 373 g/mol. The van der Waals surface area contributed by atoms with Crippen LogP contribution < -0.4 is 10.1 Å². The van der Waals surface area contributed by atoms with Crippen LogP contribution in [0.3, 0.4) is 0 Å². The molecule has 2 amide bonds. The van der Waals surface area contributed by atoms with E-state index in [1.54, 1.807) is 23.1 Å². The third kappa shape index (κ3) is 4.35. The molecular weight excluding hydrogens is 352 g/mol. The Kier molecular flexibility index (Phi) is 5.78. The molecule has 136 valence electrons. The molecule has 2 aromatic rings. The van der Waals surface area contributed by atoms with Crippen molar-refractivity contribution in [3.63, 3.8) is 0 Å². The molecule has 0 saturated carbocycles. The predicted molar refractivity (Wildman–Crippen MR) is 100 cm³/mol. The lowest BCUT2D eigenvalue weighted by Gasteiger charge is -2.29. The summed E-state index contributed by atoms with van der Waals surface area (Å²) in [6.07, 6.45) is 0.246. The van der Waals surface area contributed by atoms with E-state index in [1.165, 1.54) is 0 Å². The van der Waals surface area contributed by atoms with Gasteiger partial charge in [-0.05, 0) is 36.2 Å². The van der Waals surface area contributed by atoms with Gasteiger partial charge < -0.3 is 15.0 Å². The van der Waals surface area contributed by atoms with E-state index >= 15 is 0 Å². The van der Waals surface area contributed by atoms with Crippen LogP contribution >= 0.6 is 11.6 Å². The quantitative estimate of drug-likeness (QED) is 0.897. The topological polar surface area (TPSA) is 58.6 Å². The van der Waals surface area contributed by atoms with Crippen molar-refractivity contribution < 1.29 is 14.3 Å². The maximum atomic E-state index is 12.8. The zero-order valence-electron chi connectivity index (χ0n) is 14.6. The summed E-state index contributed by atoms with van der Waals surface area (Å²) in [5.74, 6) is 0.427. The van der Waals surface area contributed by atoms with Gasteiger partial charge in [-0.3, -0.25) is 9.59 Å². The minimum atomic E-state index is -0.291. The van der Waals surface area contributed by atoms with Crippen LogP contribution in [0.15, 0.2) is 48.5 Å². The van der Waals surface area contributed by atoms with Crippen molar-refractivity contribution in [3.05, 3.63) is 64.7 Å². The Morgan fingerprint density at radius 1 is 1.27 bits per heavy atom. The molecule has 6 heteroatoms. The molecule has 1 aliphatic rings. The maximum Gasteiger partial charge on any atom is 0.261 e. The number of ether oxygens (including phenoxy) is 1. The first-order valence-electron chi connectivity index (χ1n) is 8.54. The average Bonchev–Trinajstić information content (AvgIpc) is 2.83. The lowest BCUT2D eigenvalue weighted by molar-refractivity contribution is -0.136. The van der Waals surface area contributed by atoms with Gasteiger partial charge >= 0.3 is 0 Å². The van der Waals surface area contributed by atoms with Gasteiger partial charge in [0.25, 0.3) is 5.91 Å². The van der Waals surface area contributed by atoms with Crippen molar-refractivity contribution in [1.82, 2.24) is 10.2 Å². The van der Waals surface area contributed by atoms with E-state index < -0.39 is 0 Å². The van der Waals surface area contributed by atoms with Gasteiger partial charge in [0.15, 0.2) is 6.61 Å². The van der Waals surface area contributed by atoms with E-state index in [4.69, 9.17) is 16.3 Å². The molecule has 0 aromatic heterocycles. The molecule has 1 atom stereocenters. The fraction of sp³-hybridized carbons (Fsp3) is 0.300. The second-order valence-corrected chi connectivity index (χ2v) is 6.70. The van der Waals surface area contributed by atoms with E-state index in [0.29, 0.717) is 23.9 Å². The molecule has 0 radical (unpaired) electrons. The highest BCUT2D eigenvalue weighted by atomic mass is 35.5. The zero-order chi connectivity index (χ0) is 18.5. The molecule has 3 rings (SSSR count). The molecular formula is C20H21ClN2O3. The van der Waals surface area contributed by atoms with Gasteiger partial charge in [0.1, 0.15) is 5.75 Å². The van der Waals surface area contributed by atoms with Crippen molar-refractivity contribution in [2.45, 2.75) is 19.4 Å². The number of rotatable bonds is 4. The molecule has 1 fully saturated rings. The number of aryl methyl sites for hydroxylation is 1. The number of hydrogen-bond acceptors (Lipinski definition) is 3. The minimum Gasteiger partial charge on any atom is -0.483 e. The SMILES string of the molecule is Cc1cc(Cl)ccc1OCC(=O)N1CCNC(=O)C[C@H]1c1ccccc1. The second-order valence-electron chi connectivity index (χ2n) is 6.27. The summed E-state index contributed by atoms with van der Waals surface area (Å²) in [6, 6.07) is 14.6. The van der Waals surface area contributed by atoms with Gasteiger partial charge in [0.2, 0.25) is 5.91 Å². The molecule has 0 spiro atoms. The first-order chi connectivity index (χ1) is 12.5. The minimum absolute atomic E-state index is 0.0522. The number of nitrogens with zero attached hydrogens (tertiary/aromatic N) is 1. The summed E-state index contributed by atoms with van der Waals surface area (Å²) < 4.78 is 5.70. The lowest BCUT2D eigenvalue weighted by Crippen LogP contribution is -2.39. The fourth-order valence-corrected chi connectivity index (χ4v) is 3.32. The standard InChI is InChI=1S/C20H21ClN2O3/c1-14-11-16(21)7-8-18(14)26-13-20(25)23-10-9-22-19(24)12-17(23)15-5-3-2-4-6-15/h2-8,11,17H,9-10,12-13H2,1H3,(H,22,24)/t17-/m0/s1. The highest BCUT2D eigenvalue weighted by Gasteiger charge is 2.29. The van der Waals surface area contributed by atoms with Gasteiger partial charge in [-0.1, -0.05) is 41.9 Å². The Morgan fingerprint density at radius 3 is 2.77 bits per heavy atom. The van der Waals surface area contributed by atoms with E-state index in [1.807, 2.05) is 37.3 Å². The second kappa shape index (κ2) is 8.23. The number of hydrogen-bond donors (Lipinski definition) is 1. The Balaban J connectivity index is 1.75. The van der Waals surface area contributed by atoms with E-state index in [2.05, 4.69) is 5.32 Å². The fourth-order valence-electron chi connectivity index (χ4n) is 3.10. The van der Waals surface area contributed by atoms with Gasteiger partial charge in [-0.2, -0.15) is 0 Å². The van der Waals surface area contributed by atoms with Crippen LogP contribution in [-0.4, -0.2) is 36.4 Å². The van der Waals surface area contributed by atoms with Crippen molar-refractivity contribution in [2.24, 2.45) is 0 Å². The number of benzene rings is 2. The first-order valence-corrected chi connectivity index (χ1v) is 8.92. The van der Waals surface area contributed by atoms with Crippen LogP contribution in [-0.2, 0) is 9.59 Å². The third-order valence-corrected chi connectivity index (χ3v) is 4.66. The molecule has 1 N–H and O–H groups in total. The van der Waals surface area contributed by atoms with Crippen LogP contribution in [0.5, 0.6) is 5.75 Å². The van der Waals surface area contributed by atoms with E-state index in [9.17, 15) is 9.59 Å². The first kappa shape index (κ1) is 18.3. The number of amides is 2. The van der Waals surface area contributed by atoms with Crippen LogP contribution in [0.2, 0.25) is 5.02 Å². The van der Waals surface area contributed by atoms with E-state index in [0.717, 1.165) is 11.1 Å². The van der Waals surface area contributed by atoms with Crippen LogP contribution in [0.25, 0.3) is 0 Å². The summed E-state index contributed by atoms with van der Waals surface area (Å²) in [6.45, 7) is 2.69.